The number of unbranched alkanes of at least 4 members (excludes halogenated alkanes) is 11. The molecule has 0 saturated heterocycles. The van der Waals surface area contributed by atoms with Gasteiger partial charge in [-0.2, -0.15) is 65.9 Å². The number of likely N-dealkylation sites (N-methyl/N-ethyl adjacent to an activating group) is 1. The van der Waals surface area contributed by atoms with Crippen LogP contribution in [0.15, 0.2) is 0 Å². The van der Waals surface area contributed by atoms with Gasteiger partial charge in [0.15, 0.2) is 0 Å². The number of hydrogen-bond acceptors (Lipinski definition) is 3. The highest BCUT2D eigenvalue weighted by atomic mass is 19.4. The summed E-state index contributed by atoms with van der Waals surface area (Å²) in [5, 5.41) is 0. The van der Waals surface area contributed by atoms with Gasteiger partial charge in [0, 0.05) is 7.05 Å². The van der Waals surface area contributed by atoms with Gasteiger partial charge in [0.1, 0.15) is 6.04 Å². The lowest BCUT2D eigenvalue weighted by Gasteiger charge is -2.42. The molecule has 0 aliphatic carbocycles. The molecule has 0 fully saturated rings. The van der Waals surface area contributed by atoms with Crippen LogP contribution in [0.5, 0.6) is 0 Å². The predicted molar refractivity (Wildman–Crippen MR) is 144 cm³/mol. The van der Waals surface area contributed by atoms with Gasteiger partial charge in [0.25, 0.3) is 5.91 Å². The smallest absolute Gasteiger partial charge is 0.460 e. The molecule has 0 rings (SSSR count). The first kappa shape index (κ1) is 45.9. The molecular formula is C29H42F15NO3. The molecular weight excluding hydrogens is 695 g/mol. The largest absolute Gasteiger partial charge is 0.464 e. The molecule has 0 radical (unpaired) electrons. The van der Waals surface area contributed by atoms with Gasteiger partial charge >= 0.3 is 47.7 Å². The molecule has 0 aromatic heterocycles. The van der Waals surface area contributed by atoms with E-state index in [-0.39, 0.29) is 20.1 Å². The first-order valence-corrected chi connectivity index (χ1v) is 15.4. The van der Waals surface area contributed by atoms with E-state index in [9.17, 15) is 75.4 Å². The Balaban J connectivity index is 5.64. The second-order valence-electron chi connectivity index (χ2n) is 12.1. The fourth-order valence-electron chi connectivity index (χ4n) is 4.53. The minimum absolute atomic E-state index is 0.160. The molecule has 286 valence electrons. The van der Waals surface area contributed by atoms with Crippen LogP contribution in [0.3, 0.4) is 0 Å². The van der Waals surface area contributed by atoms with Crippen LogP contribution in [0.1, 0.15) is 104 Å². The molecule has 19 heteroatoms. The Kier molecular flexibility index (Phi) is 16.9. The maximum atomic E-state index is 14.6. The van der Waals surface area contributed by atoms with E-state index in [0.29, 0.717) is 6.42 Å². The van der Waals surface area contributed by atoms with Crippen LogP contribution in [0.2, 0.25) is 0 Å². The molecule has 4 nitrogen and oxygen atoms in total. The molecule has 0 aliphatic heterocycles. The van der Waals surface area contributed by atoms with Crippen molar-refractivity contribution in [1.82, 2.24) is 4.90 Å². The van der Waals surface area contributed by atoms with Gasteiger partial charge in [-0.3, -0.25) is 4.79 Å². The maximum Gasteiger partial charge on any atom is 0.460 e. The van der Waals surface area contributed by atoms with Crippen LogP contribution in [0.25, 0.3) is 0 Å². The van der Waals surface area contributed by atoms with Crippen LogP contribution in [-0.2, 0) is 14.3 Å². The van der Waals surface area contributed by atoms with Crippen LogP contribution in [0, 0.1) is 5.92 Å². The maximum absolute atomic E-state index is 14.6. The summed E-state index contributed by atoms with van der Waals surface area (Å²) >= 11 is 0. The van der Waals surface area contributed by atoms with E-state index >= 15 is 0 Å². The number of carbonyl (C=O) groups excluding carboxylic acids is 2. The van der Waals surface area contributed by atoms with Gasteiger partial charge in [-0.25, -0.2) is 4.79 Å². The number of halogens is 15. The Bertz CT molecular complexity index is 1000. The topological polar surface area (TPSA) is 46.6 Å². The lowest BCUT2D eigenvalue weighted by molar-refractivity contribution is -0.449. The Morgan fingerprint density at radius 1 is 0.562 bits per heavy atom. The third kappa shape index (κ3) is 10.2. The van der Waals surface area contributed by atoms with Crippen molar-refractivity contribution in [2.45, 2.75) is 152 Å². The predicted octanol–water partition coefficient (Wildman–Crippen LogP) is 10.5. The minimum atomic E-state index is -8.52. The molecule has 0 aromatic carbocycles. The van der Waals surface area contributed by atoms with Crippen molar-refractivity contribution in [2.75, 3.05) is 13.7 Å². The summed E-state index contributed by atoms with van der Waals surface area (Å²) in [6.07, 6.45) is 2.76. The lowest BCUT2D eigenvalue weighted by Crippen LogP contribution is -2.74. The fourth-order valence-corrected chi connectivity index (χ4v) is 4.53. The Morgan fingerprint density at radius 3 is 1.29 bits per heavy atom. The van der Waals surface area contributed by atoms with Crippen molar-refractivity contribution in [3.05, 3.63) is 0 Å². The number of nitrogens with zero attached hydrogens (tertiary/aromatic N) is 1. The molecule has 1 atom stereocenters. The Morgan fingerprint density at radius 2 is 0.917 bits per heavy atom. The van der Waals surface area contributed by atoms with Crippen molar-refractivity contribution in [2.24, 2.45) is 5.92 Å². The highest BCUT2D eigenvalue weighted by Crippen LogP contribution is 2.62. The van der Waals surface area contributed by atoms with E-state index in [1.807, 2.05) is 0 Å². The number of alkyl halides is 15. The molecule has 0 aliphatic rings. The number of ether oxygens (including phenoxy) is 1. The van der Waals surface area contributed by atoms with E-state index in [4.69, 9.17) is 4.74 Å². The van der Waals surface area contributed by atoms with Gasteiger partial charge in [-0.15, -0.1) is 0 Å². The normalized spacial score (nSPS) is 14.8. The number of hydrogen-bond donors (Lipinski definition) is 0. The zero-order valence-electron chi connectivity index (χ0n) is 26.9. The molecule has 0 saturated carbocycles. The molecule has 0 spiro atoms. The zero-order valence-corrected chi connectivity index (χ0v) is 26.9. The Labute approximate surface area is 269 Å². The fraction of sp³-hybridized carbons (Fsp3) is 0.931. The minimum Gasteiger partial charge on any atom is -0.464 e. The van der Waals surface area contributed by atoms with Crippen LogP contribution >= 0.6 is 0 Å². The van der Waals surface area contributed by atoms with Crippen molar-refractivity contribution in [1.29, 1.82) is 0 Å². The van der Waals surface area contributed by atoms with Crippen LogP contribution < -0.4 is 0 Å². The monoisotopic (exact) mass is 737 g/mol. The SMILES string of the molecule is CCCCCCCCCCCCCCOC(=O)C(CC(C)C)N(C)C(=O)C(F)(F)C(F)(F)C(F)(F)C(F)(F)C(F)(F)C(F)(F)C(F)(F)F. The van der Waals surface area contributed by atoms with Crippen LogP contribution in [-0.4, -0.2) is 78.2 Å². The van der Waals surface area contributed by atoms with E-state index in [1.165, 1.54) is 26.7 Å². The number of esters is 1. The highest BCUT2D eigenvalue weighted by molar-refractivity contribution is 5.89. The van der Waals surface area contributed by atoms with E-state index in [1.54, 1.807) is 0 Å². The average molecular weight is 738 g/mol. The molecule has 0 heterocycles. The molecule has 1 amide bonds. The van der Waals surface area contributed by atoms with Crippen molar-refractivity contribution >= 4 is 11.9 Å². The van der Waals surface area contributed by atoms with E-state index < -0.39 is 76.9 Å². The molecule has 0 bridgehead atoms. The number of carbonyl (C=O) groups is 2. The van der Waals surface area contributed by atoms with Crippen molar-refractivity contribution < 1.29 is 80.2 Å². The summed E-state index contributed by atoms with van der Waals surface area (Å²) in [6.45, 7) is 4.37. The zero-order chi connectivity index (χ0) is 38.0. The summed E-state index contributed by atoms with van der Waals surface area (Å²) in [4.78, 5) is 24.3. The van der Waals surface area contributed by atoms with E-state index in [2.05, 4.69) is 6.92 Å². The second kappa shape index (κ2) is 17.7. The first-order chi connectivity index (χ1) is 21.6. The average Bonchev–Trinajstić information content (AvgIpc) is 2.96. The van der Waals surface area contributed by atoms with Crippen LogP contribution in [0.4, 0.5) is 65.9 Å². The van der Waals surface area contributed by atoms with E-state index in [0.717, 1.165) is 51.4 Å². The van der Waals surface area contributed by atoms with Gasteiger partial charge in [-0.05, 0) is 18.8 Å². The lowest BCUT2D eigenvalue weighted by atomic mass is 9.90. The molecule has 1 unspecified atom stereocenters. The van der Waals surface area contributed by atoms with Gasteiger partial charge in [0.05, 0.1) is 6.61 Å². The molecule has 48 heavy (non-hydrogen) atoms. The number of amides is 1. The quantitative estimate of drug-likeness (QED) is 0.0596. The summed E-state index contributed by atoms with van der Waals surface area (Å²) in [5.74, 6) is -54.4. The summed E-state index contributed by atoms with van der Waals surface area (Å²) < 4.78 is 208. The molecule has 0 aromatic rings. The third-order valence-corrected chi connectivity index (χ3v) is 7.59. The van der Waals surface area contributed by atoms with Crippen molar-refractivity contribution in [3.63, 3.8) is 0 Å². The number of rotatable bonds is 23. The van der Waals surface area contributed by atoms with Gasteiger partial charge in [0.2, 0.25) is 0 Å². The Hall–Kier alpha value is -2.11. The highest BCUT2D eigenvalue weighted by Gasteiger charge is 2.94. The summed E-state index contributed by atoms with van der Waals surface area (Å²) in [7, 11) is 0.160. The van der Waals surface area contributed by atoms with Crippen molar-refractivity contribution in [3.8, 4) is 0 Å². The summed E-state index contributed by atoms with van der Waals surface area (Å²) in [6, 6.07) is -2.25. The molecule has 0 N–H and O–H groups in total. The van der Waals surface area contributed by atoms with Gasteiger partial charge < -0.3 is 9.64 Å². The first-order valence-electron chi connectivity index (χ1n) is 15.4. The second-order valence-corrected chi connectivity index (χ2v) is 12.1. The standard InChI is InChI=1S/C29H42F15NO3/c1-5-6-7-8-9-10-11-12-13-14-15-16-17-48-21(46)20(18-19(2)3)45(4)22(47)23(30,31)24(32,33)25(34,35)26(36,37)27(38,39)28(40,41)29(42,43)44/h19-20H,5-18H2,1-4H3. The van der Waals surface area contributed by atoms with Gasteiger partial charge in [-0.1, -0.05) is 91.4 Å². The summed E-state index contributed by atoms with van der Waals surface area (Å²) in [5.41, 5.74) is 0. The third-order valence-electron chi connectivity index (χ3n) is 7.59.